The van der Waals surface area contributed by atoms with Crippen LogP contribution in [0, 0.1) is 5.92 Å². The van der Waals surface area contributed by atoms with Crippen molar-refractivity contribution < 1.29 is 32.6 Å². The molecule has 30 heavy (non-hydrogen) atoms. The largest absolute Gasteiger partial charge is 0.460 e. The number of carbonyl (C=O) groups is 3. The molecule has 1 aromatic rings. The Bertz CT molecular complexity index is 755. The zero-order valence-electron chi connectivity index (χ0n) is 17.8. The van der Waals surface area contributed by atoms with E-state index in [1.165, 1.54) is 0 Å². The third kappa shape index (κ3) is 7.39. The smallest absolute Gasteiger partial charge is 0.416 e. The number of amides is 2. The SMILES string of the molecule is CC(F)(F)CC[C@H](CC(=O)OC(C)(C)C)C(=O)N1C(=O)OC[C@@H]1Cc1ccccc1. The Morgan fingerprint density at radius 1 is 1.20 bits per heavy atom. The second-order valence-electron chi connectivity index (χ2n) is 8.73. The van der Waals surface area contributed by atoms with Crippen LogP contribution in [-0.4, -0.2) is 47.0 Å². The molecule has 166 valence electrons. The lowest BCUT2D eigenvalue weighted by atomic mass is 9.94. The van der Waals surface area contributed by atoms with Gasteiger partial charge < -0.3 is 9.47 Å². The van der Waals surface area contributed by atoms with Crippen molar-refractivity contribution in [2.24, 2.45) is 5.92 Å². The molecule has 1 aromatic carbocycles. The van der Waals surface area contributed by atoms with Crippen LogP contribution in [0.4, 0.5) is 13.6 Å². The summed E-state index contributed by atoms with van der Waals surface area (Å²) >= 11 is 0. The summed E-state index contributed by atoms with van der Waals surface area (Å²) in [5.74, 6) is -5.46. The summed E-state index contributed by atoms with van der Waals surface area (Å²) in [4.78, 5) is 38.6. The van der Waals surface area contributed by atoms with Gasteiger partial charge in [0.05, 0.1) is 12.5 Å². The van der Waals surface area contributed by atoms with Crippen LogP contribution < -0.4 is 0 Å². The van der Waals surface area contributed by atoms with Crippen molar-refractivity contribution in [1.29, 1.82) is 0 Å². The van der Waals surface area contributed by atoms with Gasteiger partial charge >= 0.3 is 12.1 Å². The lowest BCUT2D eigenvalue weighted by molar-refractivity contribution is -0.158. The summed E-state index contributed by atoms with van der Waals surface area (Å²) in [7, 11) is 0. The third-order valence-electron chi connectivity index (χ3n) is 4.63. The Balaban J connectivity index is 2.18. The highest BCUT2D eigenvalue weighted by molar-refractivity contribution is 5.96. The predicted molar refractivity (Wildman–Crippen MR) is 106 cm³/mol. The lowest BCUT2D eigenvalue weighted by Gasteiger charge is -2.26. The van der Waals surface area contributed by atoms with Crippen LogP contribution >= 0.6 is 0 Å². The number of benzene rings is 1. The number of carbonyl (C=O) groups excluding carboxylic acids is 3. The molecule has 1 fully saturated rings. The zero-order chi connectivity index (χ0) is 22.5. The van der Waals surface area contributed by atoms with E-state index < -0.39 is 47.9 Å². The van der Waals surface area contributed by atoms with Gasteiger partial charge in [-0.1, -0.05) is 30.3 Å². The fraction of sp³-hybridized carbons (Fsp3) is 0.591. The van der Waals surface area contributed by atoms with E-state index in [2.05, 4.69) is 0 Å². The quantitative estimate of drug-likeness (QED) is 0.579. The fourth-order valence-corrected chi connectivity index (χ4v) is 3.29. The van der Waals surface area contributed by atoms with Crippen molar-refractivity contribution in [2.45, 2.75) is 70.9 Å². The van der Waals surface area contributed by atoms with Gasteiger partial charge in [-0.05, 0) is 46.1 Å². The molecule has 1 saturated heterocycles. The normalized spacial score (nSPS) is 18.1. The molecular weight excluding hydrogens is 396 g/mol. The Morgan fingerprint density at radius 2 is 1.83 bits per heavy atom. The molecule has 0 aliphatic carbocycles. The number of hydrogen-bond donors (Lipinski definition) is 0. The van der Waals surface area contributed by atoms with Crippen LogP contribution in [-0.2, 0) is 25.5 Å². The molecule has 0 spiro atoms. The number of cyclic esters (lactones) is 1. The molecule has 2 atom stereocenters. The van der Waals surface area contributed by atoms with Crippen LogP contribution in [0.2, 0.25) is 0 Å². The second-order valence-corrected chi connectivity index (χ2v) is 8.73. The molecular formula is C22H29F2NO5. The standard InChI is InChI=1S/C22H29F2NO5/c1-21(2,3)30-18(26)13-16(10-11-22(4,23)24)19(27)25-17(14-29-20(25)28)12-15-8-6-5-7-9-15/h5-9,16-17H,10-14H2,1-4H3/t16-,17+/m1/s1. The first-order valence-corrected chi connectivity index (χ1v) is 9.99. The first-order valence-electron chi connectivity index (χ1n) is 9.99. The maximum absolute atomic E-state index is 13.4. The Hall–Kier alpha value is -2.51. The maximum Gasteiger partial charge on any atom is 0.416 e. The number of ether oxygens (including phenoxy) is 2. The Kier molecular flexibility index (Phi) is 7.55. The fourth-order valence-electron chi connectivity index (χ4n) is 3.29. The molecule has 2 amide bonds. The van der Waals surface area contributed by atoms with Crippen LogP contribution in [0.25, 0.3) is 0 Å². The molecule has 2 rings (SSSR count). The molecule has 0 unspecified atom stereocenters. The molecule has 1 heterocycles. The maximum atomic E-state index is 13.4. The second kappa shape index (κ2) is 9.53. The van der Waals surface area contributed by atoms with Gasteiger partial charge in [-0.3, -0.25) is 9.59 Å². The zero-order valence-corrected chi connectivity index (χ0v) is 17.8. The molecule has 8 heteroatoms. The molecule has 1 aliphatic rings. The van der Waals surface area contributed by atoms with Gasteiger partial charge in [-0.2, -0.15) is 0 Å². The number of rotatable bonds is 8. The van der Waals surface area contributed by atoms with E-state index in [1.807, 2.05) is 30.3 Å². The van der Waals surface area contributed by atoms with Gasteiger partial charge in [0.15, 0.2) is 0 Å². The highest BCUT2D eigenvalue weighted by Gasteiger charge is 2.42. The van der Waals surface area contributed by atoms with Crippen molar-refractivity contribution in [3.63, 3.8) is 0 Å². The molecule has 6 nitrogen and oxygen atoms in total. The Labute approximate surface area is 175 Å². The van der Waals surface area contributed by atoms with Crippen molar-refractivity contribution in [3.05, 3.63) is 35.9 Å². The van der Waals surface area contributed by atoms with E-state index in [9.17, 15) is 23.2 Å². The topological polar surface area (TPSA) is 72.9 Å². The van der Waals surface area contributed by atoms with Crippen LogP contribution in [0.3, 0.4) is 0 Å². The minimum atomic E-state index is -3.00. The van der Waals surface area contributed by atoms with Crippen molar-refractivity contribution in [3.8, 4) is 0 Å². The van der Waals surface area contributed by atoms with E-state index in [1.54, 1.807) is 20.8 Å². The predicted octanol–water partition coefficient (Wildman–Crippen LogP) is 4.36. The summed E-state index contributed by atoms with van der Waals surface area (Å²) in [6.07, 6.45) is -1.66. The van der Waals surface area contributed by atoms with Gasteiger partial charge in [-0.25, -0.2) is 18.5 Å². The highest BCUT2D eigenvalue weighted by atomic mass is 19.3. The molecule has 1 aliphatic heterocycles. The number of alkyl halides is 2. The number of hydrogen-bond acceptors (Lipinski definition) is 5. The van der Waals surface area contributed by atoms with Crippen molar-refractivity contribution in [1.82, 2.24) is 4.90 Å². The van der Waals surface area contributed by atoms with Gasteiger partial charge in [0.2, 0.25) is 11.8 Å². The van der Waals surface area contributed by atoms with E-state index >= 15 is 0 Å². The van der Waals surface area contributed by atoms with E-state index in [-0.39, 0.29) is 19.4 Å². The molecule has 0 radical (unpaired) electrons. The first-order chi connectivity index (χ1) is 13.9. The van der Waals surface area contributed by atoms with Crippen LogP contribution in [0.5, 0.6) is 0 Å². The molecule has 0 aromatic heterocycles. The van der Waals surface area contributed by atoms with Crippen LogP contribution in [0.15, 0.2) is 30.3 Å². The summed E-state index contributed by atoms with van der Waals surface area (Å²) < 4.78 is 37.2. The number of esters is 1. The van der Waals surface area contributed by atoms with E-state index in [0.29, 0.717) is 6.42 Å². The monoisotopic (exact) mass is 425 g/mol. The third-order valence-corrected chi connectivity index (χ3v) is 4.63. The van der Waals surface area contributed by atoms with Gasteiger partial charge in [0, 0.05) is 12.3 Å². The summed E-state index contributed by atoms with van der Waals surface area (Å²) in [6.45, 7) is 5.80. The average molecular weight is 425 g/mol. The molecule has 0 N–H and O–H groups in total. The van der Waals surface area contributed by atoms with Gasteiger partial charge in [-0.15, -0.1) is 0 Å². The lowest BCUT2D eigenvalue weighted by Crippen LogP contribution is -2.44. The highest BCUT2D eigenvalue weighted by Crippen LogP contribution is 2.28. The summed E-state index contributed by atoms with van der Waals surface area (Å²) in [5.41, 5.74) is 0.129. The molecule has 0 bridgehead atoms. The number of imide groups is 1. The van der Waals surface area contributed by atoms with E-state index in [4.69, 9.17) is 9.47 Å². The van der Waals surface area contributed by atoms with Gasteiger partial charge in [0.25, 0.3) is 0 Å². The number of halogens is 2. The Morgan fingerprint density at radius 3 is 2.40 bits per heavy atom. The first kappa shape index (κ1) is 23.8. The van der Waals surface area contributed by atoms with Crippen LogP contribution in [0.1, 0.15) is 52.5 Å². The summed E-state index contributed by atoms with van der Waals surface area (Å²) in [6, 6.07) is 8.70. The number of nitrogens with zero attached hydrogens (tertiary/aromatic N) is 1. The molecule has 0 saturated carbocycles. The minimum Gasteiger partial charge on any atom is -0.460 e. The average Bonchev–Trinajstić information content (AvgIpc) is 2.97. The minimum absolute atomic E-state index is 0.0164. The van der Waals surface area contributed by atoms with Gasteiger partial charge in [0.1, 0.15) is 12.2 Å². The summed E-state index contributed by atoms with van der Waals surface area (Å²) in [5, 5.41) is 0. The van der Waals surface area contributed by atoms with E-state index in [0.717, 1.165) is 17.4 Å². The van der Waals surface area contributed by atoms with Crippen molar-refractivity contribution in [2.75, 3.05) is 6.61 Å². The van der Waals surface area contributed by atoms with Crippen molar-refractivity contribution >= 4 is 18.0 Å².